The summed E-state index contributed by atoms with van der Waals surface area (Å²) in [5.74, 6) is 1.05. The molecule has 4 rings (SSSR count). The van der Waals surface area contributed by atoms with Gasteiger partial charge in [-0.2, -0.15) is 0 Å². The number of ether oxygens (including phenoxy) is 1. The van der Waals surface area contributed by atoms with Crippen molar-refractivity contribution in [2.24, 2.45) is 0 Å². The van der Waals surface area contributed by atoms with Crippen molar-refractivity contribution in [3.8, 4) is 5.75 Å². The number of methoxy groups -OCH3 is 1. The molecule has 1 aliphatic heterocycles. The normalized spacial score (nSPS) is 15.9. The topological polar surface area (TPSA) is 87.3 Å². The Morgan fingerprint density at radius 2 is 1.97 bits per heavy atom. The molecule has 0 radical (unpaired) electrons. The molecular formula is C24H26N4O3. The minimum atomic E-state index is -0.245. The zero-order valence-electron chi connectivity index (χ0n) is 17.9. The molecule has 7 nitrogen and oxygen atoms in total. The molecule has 1 saturated heterocycles. The number of aryl methyl sites for hydroxylation is 1. The smallest absolute Gasteiger partial charge is 0.252 e. The van der Waals surface area contributed by atoms with Crippen LogP contribution in [-0.2, 0) is 11.3 Å². The first-order valence-electron chi connectivity index (χ1n) is 10.3. The molecule has 2 aromatic carbocycles. The number of amides is 1. The van der Waals surface area contributed by atoms with Crippen molar-refractivity contribution in [3.63, 3.8) is 0 Å². The van der Waals surface area contributed by atoms with Crippen molar-refractivity contribution >= 4 is 17.5 Å². The first-order valence-corrected chi connectivity index (χ1v) is 10.3. The van der Waals surface area contributed by atoms with E-state index >= 15 is 0 Å². The fourth-order valence-electron chi connectivity index (χ4n) is 3.96. The van der Waals surface area contributed by atoms with Gasteiger partial charge in [-0.3, -0.25) is 14.6 Å². The number of hydrogen-bond donors (Lipinski definition) is 2. The first-order chi connectivity index (χ1) is 15.0. The predicted molar refractivity (Wildman–Crippen MR) is 121 cm³/mol. The van der Waals surface area contributed by atoms with Crippen LogP contribution < -0.4 is 20.5 Å². The second-order valence-corrected chi connectivity index (χ2v) is 7.81. The highest BCUT2D eigenvalue weighted by Crippen LogP contribution is 2.33. The lowest BCUT2D eigenvalue weighted by Crippen LogP contribution is -2.25. The maximum absolute atomic E-state index is 12.8. The van der Waals surface area contributed by atoms with E-state index in [1.807, 2.05) is 56.3 Å². The average molecular weight is 418 g/mol. The lowest BCUT2D eigenvalue weighted by atomic mass is 10.0. The molecule has 1 amide bonds. The standard InChI is InChI=1S/C24H26N4O3/c1-15-7-6-9-20(16(15)2)28-14-18(11-23(28)30)19-12-22(29)27-24(26-19)25-13-17-8-4-5-10-21(17)31-3/h4-10,12,18H,11,13-14H2,1-3H3,(H2,25,26,27,29)/t18-/m1/s1. The van der Waals surface area contributed by atoms with E-state index in [4.69, 9.17) is 4.74 Å². The summed E-state index contributed by atoms with van der Waals surface area (Å²) in [5.41, 5.74) is 4.49. The molecule has 1 aromatic heterocycles. The third-order valence-electron chi connectivity index (χ3n) is 5.81. The van der Waals surface area contributed by atoms with Gasteiger partial charge in [0, 0.05) is 42.7 Å². The van der Waals surface area contributed by atoms with Crippen LogP contribution in [0.3, 0.4) is 0 Å². The Kier molecular flexibility index (Phi) is 5.75. The summed E-state index contributed by atoms with van der Waals surface area (Å²) in [6, 6.07) is 15.1. The SMILES string of the molecule is COc1ccccc1CNc1nc([C@@H]2CC(=O)N(c3cccc(C)c3C)C2)cc(=O)[nH]1. The van der Waals surface area contributed by atoms with Crippen LogP contribution in [0, 0.1) is 13.8 Å². The summed E-state index contributed by atoms with van der Waals surface area (Å²) in [5, 5.41) is 3.17. The van der Waals surface area contributed by atoms with Crippen molar-refractivity contribution in [2.75, 3.05) is 23.9 Å². The third-order valence-corrected chi connectivity index (χ3v) is 5.81. The van der Waals surface area contributed by atoms with Gasteiger partial charge < -0.3 is 15.0 Å². The summed E-state index contributed by atoms with van der Waals surface area (Å²) in [4.78, 5) is 34.2. The summed E-state index contributed by atoms with van der Waals surface area (Å²) >= 11 is 0. The Morgan fingerprint density at radius 3 is 2.77 bits per heavy atom. The van der Waals surface area contributed by atoms with Crippen LogP contribution in [-0.4, -0.2) is 29.5 Å². The molecule has 2 N–H and O–H groups in total. The Bertz CT molecular complexity index is 1170. The Labute approximate surface area is 181 Å². The molecule has 31 heavy (non-hydrogen) atoms. The van der Waals surface area contributed by atoms with Crippen LogP contribution in [0.2, 0.25) is 0 Å². The van der Waals surface area contributed by atoms with Crippen LogP contribution in [0.1, 0.15) is 34.7 Å². The summed E-state index contributed by atoms with van der Waals surface area (Å²) in [7, 11) is 1.62. The van der Waals surface area contributed by atoms with Gasteiger partial charge in [0.15, 0.2) is 0 Å². The van der Waals surface area contributed by atoms with E-state index in [0.717, 1.165) is 28.1 Å². The Morgan fingerprint density at radius 1 is 1.16 bits per heavy atom. The van der Waals surface area contributed by atoms with Crippen LogP contribution in [0.25, 0.3) is 0 Å². The Hall–Kier alpha value is -3.61. The van der Waals surface area contributed by atoms with Crippen molar-refractivity contribution in [3.05, 3.63) is 81.3 Å². The number of para-hydroxylation sites is 1. The zero-order valence-corrected chi connectivity index (χ0v) is 17.9. The minimum Gasteiger partial charge on any atom is -0.496 e. The van der Waals surface area contributed by atoms with Gasteiger partial charge in [-0.15, -0.1) is 0 Å². The monoisotopic (exact) mass is 418 g/mol. The molecule has 0 aliphatic carbocycles. The predicted octanol–water partition coefficient (Wildman–Crippen LogP) is 3.53. The van der Waals surface area contributed by atoms with Gasteiger partial charge >= 0.3 is 0 Å². The number of carbonyl (C=O) groups is 1. The third kappa shape index (κ3) is 4.30. The molecule has 0 spiro atoms. The summed E-state index contributed by atoms with van der Waals surface area (Å²) in [6.45, 7) is 5.02. The molecule has 7 heteroatoms. The highest BCUT2D eigenvalue weighted by Gasteiger charge is 2.33. The highest BCUT2D eigenvalue weighted by molar-refractivity contribution is 5.97. The van der Waals surface area contributed by atoms with E-state index in [9.17, 15) is 9.59 Å². The first kappa shape index (κ1) is 20.7. The van der Waals surface area contributed by atoms with Crippen LogP contribution in [0.4, 0.5) is 11.6 Å². The van der Waals surface area contributed by atoms with Crippen molar-refractivity contribution in [1.82, 2.24) is 9.97 Å². The van der Waals surface area contributed by atoms with Crippen LogP contribution >= 0.6 is 0 Å². The molecular weight excluding hydrogens is 392 g/mol. The molecule has 1 atom stereocenters. The van der Waals surface area contributed by atoms with Gasteiger partial charge in [0.25, 0.3) is 5.56 Å². The van der Waals surface area contributed by atoms with Crippen LogP contribution in [0.5, 0.6) is 5.75 Å². The van der Waals surface area contributed by atoms with E-state index in [2.05, 4.69) is 15.3 Å². The largest absolute Gasteiger partial charge is 0.496 e. The molecule has 1 fully saturated rings. The van der Waals surface area contributed by atoms with E-state index in [0.29, 0.717) is 31.2 Å². The molecule has 2 heterocycles. The van der Waals surface area contributed by atoms with E-state index in [-0.39, 0.29) is 17.4 Å². The Balaban J connectivity index is 1.54. The number of aromatic amines is 1. The molecule has 0 saturated carbocycles. The van der Waals surface area contributed by atoms with Gasteiger partial charge in [0.05, 0.1) is 12.8 Å². The van der Waals surface area contributed by atoms with Crippen molar-refractivity contribution in [1.29, 1.82) is 0 Å². The maximum atomic E-state index is 12.8. The van der Waals surface area contributed by atoms with Gasteiger partial charge in [-0.25, -0.2) is 4.98 Å². The second kappa shape index (κ2) is 8.63. The summed E-state index contributed by atoms with van der Waals surface area (Å²) in [6.07, 6.45) is 0.329. The molecule has 0 unspecified atom stereocenters. The van der Waals surface area contributed by atoms with Gasteiger partial charge in [-0.1, -0.05) is 30.3 Å². The molecule has 3 aromatic rings. The summed E-state index contributed by atoms with van der Waals surface area (Å²) < 4.78 is 5.37. The lowest BCUT2D eigenvalue weighted by Gasteiger charge is -2.20. The van der Waals surface area contributed by atoms with Gasteiger partial charge in [-0.05, 0) is 37.1 Å². The quantitative estimate of drug-likeness (QED) is 0.640. The van der Waals surface area contributed by atoms with Gasteiger partial charge in [0.1, 0.15) is 5.75 Å². The number of H-pyrrole nitrogens is 1. The molecule has 1 aliphatic rings. The minimum absolute atomic E-state index is 0.0457. The fourth-order valence-corrected chi connectivity index (χ4v) is 3.96. The average Bonchev–Trinajstić information content (AvgIpc) is 3.15. The van der Waals surface area contributed by atoms with Gasteiger partial charge in [0.2, 0.25) is 11.9 Å². The number of nitrogens with zero attached hydrogens (tertiary/aromatic N) is 2. The van der Waals surface area contributed by atoms with E-state index < -0.39 is 0 Å². The number of aromatic nitrogens is 2. The number of nitrogens with one attached hydrogen (secondary N) is 2. The number of benzene rings is 2. The van der Waals surface area contributed by atoms with E-state index in [1.54, 1.807) is 12.0 Å². The number of carbonyl (C=O) groups excluding carboxylic acids is 1. The molecule has 0 bridgehead atoms. The second-order valence-electron chi connectivity index (χ2n) is 7.81. The lowest BCUT2D eigenvalue weighted by molar-refractivity contribution is -0.117. The van der Waals surface area contributed by atoms with Crippen molar-refractivity contribution in [2.45, 2.75) is 32.7 Å². The van der Waals surface area contributed by atoms with Crippen molar-refractivity contribution < 1.29 is 9.53 Å². The number of hydrogen-bond acceptors (Lipinski definition) is 5. The number of rotatable bonds is 6. The fraction of sp³-hybridized carbons (Fsp3) is 0.292. The zero-order chi connectivity index (χ0) is 22.0. The van der Waals surface area contributed by atoms with Crippen LogP contribution in [0.15, 0.2) is 53.3 Å². The highest BCUT2D eigenvalue weighted by atomic mass is 16.5. The molecule has 160 valence electrons. The number of anilines is 2. The maximum Gasteiger partial charge on any atom is 0.252 e. The van der Waals surface area contributed by atoms with E-state index in [1.165, 1.54) is 6.07 Å².